The van der Waals surface area contributed by atoms with Gasteiger partial charge in [0.2, 0.25) is 0 Å². The smallest absolute Gasteiger partial charge is 0.0480 e. The van der Waals surface area contributed by atoms with Crippen molar-refractivity contribution in [3.05, 3.63) is 0 Å². The normalized spacial score (nSPS) is 13.2. The highest BCUT2D eigenvalue weighted by Gasteiger charge is 2.00. The van der Waals surface area contributed by atoms with Crippen molar-refractivity contribution in [2.24, 2.45) is 5.73 Å². The number of hydrogen-bond acceptors (Lipinski definition) is 2. The molecule has 0 aromatic carbocycles. The van der Waals surface area contributed by atoms with E-state index >= 15 is 0 Å². The average molecular weight is 173 g/mol. The molecule has 0 saturated carbocycles. The van der Waals surface area contributed by atoms with Gasteiger partial charge in [-0.1, -0.05) is 26.7 Å². The number of nitrogens with two attached hydrogens (primary N) is 1. The van der Waals surface area contributed by atoms with E-state index in [1.807, 2.05) is 0 Å². The largest absolute Gasteiger partial charge is 0.381 e. The minimum Gasteiger partial charge on any atom is -0.381 e. The summed E-state index contributed by atoms with van der Waals surface area (Å²) in [7, 11) is 0. The Morgan fingerprint density at radius 1 is 1.08 bits per heavy atom. The molecule has 1 unspecified atom stereocenters. The minimum atomic E-state index is 0.349. The SMILES string of the molecule is CCCCC(N)CCOCCC. The second kappa shape index (κ2) is 9.01. The van der Waals surface area contributed by atoms with E-state index in [1.165, 1.54) is 12.8 Å². The molecule has 0 bridgehead atoms. The second-order valence-corrected chi connectivity index (χ2v) is 3.30. The molecule has 0 aromatic rings. The maximum atomic E-state index is 5.86. The fourth-order valence-corrected chi connectivity index (χ4v) is 1.09. The summed E-state index contributed by atoms with van der Waals surface area (Å²) in [6.45, 7) is 6.02. The number of rotatable bonds is 8. The summed E-state index contributed by atoms with van der Waals surface area (Å²) < 4.78 is 5.35. The molecule has 0 spiro atoms. The van der Waals surface area contributed by atoms with Crippen LogP contribution in [0.25, 0.3) is 0 Å². The van der Waals surface area contributed by atoms with Crippen molar-refractivity contribution in [3.8, 4) is 0 Å². The molecule has 0 aliphatic carbocycles. The molecular weight excluding hydrogens is 150 g/mol. The fraction of sp³-hybridized carbons (Fsp3) is 1.00. The van der Waals surface area contributed by atoms with E-state index < -0.39 is 0 Å². The number of hydrogen-bond donors (Lipinski definition) is 1. The van der Waals surface area contributed by atoms with Crippen molar-refractivity contribution in [2.45, 2.75) is 52.0 Å². The van der Waals surface area contributed by atoms with E-state index in [0.717, 1.165) is 32.5 Å². The van der Waals surface area contributed by atoms with Gasteiger partial charge in [-0.3, -0.25) is 0 Å². The van der Waals surface area contributed by atoms with Crippen LogP contribution in [0.15, 0.2) is 0 Å². The molecule has 0 rings (SSSR count). The maximum Gasteiger partial charge on any atom is 0.0480 e. The van der Waals surface area contributed by atoms with Crippen LogP contribution < -0.4 is 5.73 Å². The lowest BCUT2D eigenvalue weighted by molar-refractivity contribution is 0.127. The van der Waals surface area contributed by atoms with Crippen molar-refractivity contribution < 1.29 is 4.74 Å². The van der Waals surface area contributed by atoms with Gasteiger partial charge in [-0.25, -0.2) is 0 Å². The summed E-state index contributed by atoms with van der Waals surface area (Å²) in [5, 5.41) is 0. The van der Waals surface area contributed by atoms with Crippen molar-refractivity contribution in [2.75, 3.05) is 13.2 Å². The van der Waals surface area contributed by atoms with Gasteiger partial charge in [-0.15, -0.1) is 0 Å². The van der Waals surface area contributed by atoms with Gasteiger partial charge in [-0.05, 0) is 19.3 Å². The van der Waals surface area contributed by atoms with Crippen LogP contribution in [0.3, 0.4) is 0 Å². The molecule has 0 fully saturated rings. The van der Waals surface area contributed by atoms with Crippen LogP contribution in [0.4, 0.5) is 0 Å². The first-order valence-corrected chi connectivity index (χ1v) is 5.14. The first-order valence-electron chi connectivity index (χ1n) is 5.14. The average Bonchev–Trinajstić information content (AvgIpc) is 2.09. The Morgan fingerprint density at radius 3 is 2.42 bits per heavy atom. The molecule has 0 aromatic heterocycles. The molecule has 2 N–H and O–H groups in total. The first-order chi connectivity index (χ1) is 5.81. The molecule has 0 aliphatic heterocycles. The van der Waals surface area contributed by atoms with Crippen LogP contribution in [0.5, 0.6) is 0 Å². The first kappa shape index (κ1) is 11.9. The monoisotopic (exact) mass is 173 g/mol. The third-order valence-corrected chi connectivity index (χ3v) is 1.91. The summed E-state index contributed by atoms with van der Waals surface area (Å²) in [6.07, 6.45) is 5.74. The van der Waals surface area contributed by atoms with Crippen molar-refractivity contribution in [1.82, 2.24) is 0 Å². The summed E-state index contributed by atoms with van der Waals surface area (Å²) in [4.78, 5) is 0. The van der Waals surface area contributed by atoms with Gasteiger partial charge in [0, 0.05) is 19.3 Å². The van der Waals surface area contributed by atoms with E-state index in [4.69, 9.17) is 10.5 Å². The van der Waals surface area contributed by atoms with Crippen LogP contribution in [0, 0.1) is 0 Å². The zero-order valence-electron chi connectivity index (χ0n) is 8.51. The summed E-state index contributed by atoms with van der Waals surface area (Å²) >= 11 is 0. The van der Waals surface area contributed by atoms with Gasteiger partial charge in [0.15, 0.2) is 0 Å². The number of ether oxygens (including phenoxy) is 1. The topological polar surface area (TPSA) is 35.2 Å². The molecule has 12 heavy (non-hydrogen) atoms. The van der Waals surface area contributed by atoms with E-state index in [9.17, 15) is 0 Å². The highest BCUT2D eigenvalue weighted by Crippen LogP contribution is 2.01. The second-order valence-electron chi connectivity index (χ2n) is 3.30. The Hall–Kier alpha value is -0.0800. The van der Waals surface area contributed by atoms with Crippen LogP contribution in [0.1, 0.15) is 46.0 Å². The van der Waals surface area contributed by atoms with Gasteiger partial charge in [-0.2, -0.15) is 0 Å². The maximum absolute atomic E-state index is 5.86. The van der Waals surface area contributed by atoms with Gasteiger partial charge in [0.25, 0.3) is 0 Å². The molecule has 2 nitrogen and oxygen atoms in total. The van der Waals surface area contributed by atoms with Gasteiger partial charge in [0.05, 0.1) is 0 Å². The Morgan fingerprint density at radius 2 is 1.83 bits per heavy atom. The van der Waals surface area contributed by atoms with Crippen LogP contribution >= 0.6 is 0 Å². The predicted octanol–water partition coefficient (Wildman–Crippen LogP) is 2.32. The Bertz CT molecular complexity index is 85.9. The van der Waals surface area contributed by atoms with Crippen molar-refractivity contribution in [1.29, 1.82) is 0 Å². The zero-order valence-corrected chi connectivity index (χ0v) is 8.51. The number of unbranched alkanes of at least 4 members (excludes halogenated alkanes) is 1. The highest BCUT2D eigenvalue weighted by molar-refractivity contribution is 4.59. The molecule has 0 aliphatic rings. The fourth-order valence-electron chi connectivity index (χ4n) is 1.09. The van der Waals surface area contributed by atoms with Gasteiger partial charge in [0.1, 0.15) is 0 Å². The summed E-state index contributed by atoms with van der Waals surface area (Å²) in [5.41, 5.74) is 5.86. The molecular formula is C10H23NO. The molecule has 74 valence electrons. The lowest BCUT2D eigenvalue weighted by Gasteiger charge is -2.10. The molecule has 0 heterocycles. The lowest BCUT2D eigenvalue weighted by atomic mass is 10.1. The van der Waals surface area contributed by atoms with Crippen molar-refractivity contribution >= 4 is 0 Å². The van der Waals surface area contributed by atoms with Crippen molar-refractivity contribution in [3.63, 3.8) is 0 Å². The van der Waals surface area contributed by atoms with Crippen LogP contribution in [-0.2, 0) is 4.74 Å². The third-order valence-electron chi connectivity index (χ3n) is 1.91. The van der Waals surface area contributed by atoms with Crippen LogP contribution in [-0.4, -0.2) is 19.3 Å². The van der Waals surface area contributed by atoms with E-state index in [-0.39, 0.29) is 0 Å². The van der Waals surface area contributed by atoms with E-state index in [2.05, 4.69) is 13.8 Å². The standard InChI is InChI=1S/C10H23NO/c1-3-5-6-10(11)7-9-12-8-4-2/h10H,3-9,11H2,1-2H3. The molecule has 0 saturated heterocycles. The minimum absolute atomic E-state index is 0.349. The summed E-state index contributed by atoms with van der Waals surface area (Å²) in [6, 6.07) is 0.349. The van der Waals surface area contributed by atoms with E-state index in [1.54, 1.807) is 0 Å². The third kappa shape index (κ3) is 8.02. The molecule has 1 atom stereocenters. The molecule has 0 amide bonds. The summed E-state index contributed by atoms with van der Waals surface area (Å²) in [5.74, 6) is 0. The van der Waals surface area contributed by atoms with E-state index in [0.29, 0.717) is 6.04 Å². The molecule has 2 heteroatoms. The predicted molar refractivity (Wildman–Crippen MR) is 53.2 cm³/mol. The lowest BCUT2D eigenvalue weighted by Crippen LogP contribution is -2.21. The van der Waals surface area contributed by atoms with Crippen LogP contribution in [0.2, 0.25) is 0 Å². The van der Waals surface area contributed by atoms with Gasteiger partial charge < -0.3 is 10.5 Å². The highest BCUT2D eigenvalue weighted by atomic mass is 16.5. The quantitative estimate of drug-likeness (QED) is 0.572. The van der Waals surface area contributed by atoms with Gasteiger partial charge >= 0.3 is 0 Å². The molecule has 0 radical (unpaired) electrons. The Balaban J connectivity index is 3.02. The Labute approximate surface area is 76.5 Å². The Kier molecular flexibility index (Phi) is 8.95. The zero-order chi connectivity index (χ0) is 9.23.